The van der Waals surface area contributed by atoms with E-state index in [0.717, 1.165) is 23.1 Å². The van der Waals surface area contributed by atoms with E-state index in [2.05, 4.69) is 21.4 Å². The molecule has 0 bridgehead atoms. The Bertz CT molecular complexity index is 603. The molecule has 2 aromatic rings. The molecule has 0 radical (unpaired) electrons. The SMILES string of the molecule is CCCNc1nc(-c2cc(C)cc(C)c2)nc(C)c1F. The summed E-state index contributed by atoms with van der Waals surface area (Å²) in [5.74, 6) is 0.481. The molecular weight excluding hydrogens is 253 g/mol. The lowest BCUT2D eigenvalue weighted by Gasteiger charge is -2.10. The van der Waals surface area contributed by atoms with E-state index in [0.29, 0.717) is 18.1 Å². The van der Waals surface area contributed by atoms with Gasteiger partial charge in [0, 0.05) is 12.1 Å². The molecule has 0 saturated heterocycles. The highest BCUT2D eigenvalue weighted by Gasteiger charge is 2.12. The Kier molecular flexibility index (Phi) is 4.32. The van der Waals surface area contributed by atoms with Crippen molar-refractivity contribution in [3.63, 3.8) is 0 Å². The fourth-order valence-corrected chi connectivity index (χ4v) is 2.15. The van der Waals surface area contributed by atoms with Gasteiger partial charge in [-0.1, -0.05) is 24.1 Å². The highest BCUT2D eigenvalue weighted by Crippen LogP contribution is 2.23. The number of nitrogens with zero attached hydrogens (tertiary/aromatic N) is 2. The number of nitrogens with one attached hydrogen (secondary N) is 1. The summed E-state index contributed by atoms with van der Waals surface area (Å²) in [5.41, 5.74) is 3.58. The standard InChI is InChI=1S/C16H20FN3/c1-5-6-18-16-14(17)12(4)19-15(20-16)13-8-10(2)7-11(3)9-13/h7-9H,5-6H2,1-4H3,(H,18,19,20). The topological polar surface area (TPSA) is 37.8 Å². The predicted molar refractivity (Wildman–Crippen MR) is 80.4 cm³/mol. The van der Waals surface area contributed by atoms with E-state index in [1.807, 2.05) is 32.9 Å². The number of anilines is 1. The molecule has 0 amide bonds. The van der Waals surface area contributed by atoms with Crippen molar-refractivity contribution in [1.82, 2.24) is 9.97 Å². The lowest BCUT2D eigenvalue weighted by atomic mass is 10.1. The van der Waals surface area contributed by atoms with Crippen molar-refractivity contribution in [1.29, 1.82) is 0 Å². The summed E-state index contributed by atoms with van der Waals surface area (Å²) in [7, 11) is 0. The highest BCUT2D eigenvalue weighted by atomic mass is 19.1. The maximum atomic E-state index is 14.0. The molecule has 0 atom stereocenters. The zero-order valence-corrected chi connectivity index (χ0v) is 12.4. The maximum Gasteiger partial charge on any atom is 0.186 e. The van der Waals surface area contributed by atoms with Gasteiger partial charge >= 0.3 is 0 Å². The molecule has 0 saturated carbocycles. The summed E-state index contributed by atoms with van der Waals surface area (Å²) in [4.78, 5) is 8.59. The molecule has 2 rings (SSSR count). The smallest absolute Gasteiger partial charge is 0.186 e. The Balaban J connectivity index is 2.48. The molecule has 1 aromatic carbocycles. The first-order chi connectivity index (χ1) is 9.51. The van der Waals surface area contributed by atoms with Crippen molar-refractivity contribution >= 4 is 5.82 Å². The van der Waals surface area contributed by atoms with Gasteiger partial charge in [-0.3, -0.25) is 0 Å². The van der Waals surface area contributed by atoms with Gasteiger partial charge in [-0.05, 0) is 39.3 Å². The summed E-state index contributed by atoms with van der Waals surface area (Å²) < 4.78 is 14.0. The van der Waals surface area contributed by atoms with E-state index >= 15 is 0 Å². The number of hydrogen-bond donors (Lipinski definition) is 1. The Morgan fingerprint density at radius 2 is 1.70 bits per heavy atom. The number of halogens is 1. The molecule has 3 nitrogen and oxygen atoms in total. The number of benzene rings is 1. The normalized spacial score (nSPS) is 10.7. The molecule has 1 heterocycles. The number of hydrogen-bond acceptors (Lipinski definition) is 3. The second-order valence-electron chi connectivity index (χ2n) is 5.10. The van der Waals surface area contributed by atoms with E-state index in [-0.39, 0.29) is 11.6 Å². The van der Waals surface area contributed by atoms with E-state index in [9.17, 15) is 4.39 Å². The summed E-state index contributed by atoms with van der Waals surface area (Å²) in [6.45, 7) is 8.45. The third-order valence-electron chi connectivity index (χ3n) is 3.04. The highest BCUT2D eigenvalue weighted by molar-refractivity contribution is 5.60. The summed E-state index contributed by atoms with van der Waals surface area (Å²) >= 11 is 0. The second kappa shape index (κ2) is 5.99. The van der Waals surface area contributed by atoms with Crippen molar-refractivity contribution < 1.29 is 4.39 Å². The molecule has 106 valence electrons. The van der Waals surface area contributed by atoms with Crippen molar-refractivity contribution in [3.8, 4) is 11.4 Å². The summed E-state index contributed by atoms with van der Waals surface area (Å²) in [5, 5.41) is 3.02. The molecule has 0 aliphatic carbocycles. The van der Waals surface area contributed by atoms with E-state index in [4.69, 9.17) is 0 Å². The van der Waals surface area contributed by atoms with Gasteiger partial charge < -0.3 is 5.32 Å². The maximum absolute atomic E-state index is 14.0. The third-order valence-corrected chi connectivity index (χ3v) is 3.04. The third kappa shape index (κ3) is 3.13. The Morgan fingerprint density at radius 1 is 1.05 bits per heavy atom. The second-order valence-corrected chi connectivity index (χ2v) is 5.10. The lowest BCUT2D eigenvalue weighted by Crippen LogP contribution is -2.08. The van der Waals surface area contributed by atoms with Crippen molar-refractivity contribution in [2.75, 3.05) is 11.9 Å². The zero-order valence-electron chi connectivity index (χ0n) is 12.4. The van der Waals surface area contributed by atoms with Crippen LogP contribution in [0.15, 0.2) is 18.2 Å². The monoisotopic (exact) mass is 273 g/mol. The molecule has 20 heavy (non-hydrogen) atoms. The Labute approximate surface area is 119 Å². The number of aromatic nitrogens is 2. The van der Waals surface area contributed by atoms with Gasteiger partial charge in [0.2, 0.25) is 0 Å². The first kappa shape index (κ1) is 14.4. The molecule has 0 unspecified atom stereocenters. The first-order valence-electron chi connectivity index (χ1n) is 6.88. The van der Waals surface area contributed by atoms with Gasteiger partial charge in [0.1, 0.15) is 0 Å². The fraction of sp³-hybridized carbons (Fsp3) is 0.375. The molecular formula is C16H20FN3. The van der Waals surface area contributed by atoms with Gasteiger partial charge in [0.25, 0.3) is 0 Å². The minimum Gasteiger partial charge on any atom is -0.368 e. The van der Waals surface area contributed by atoms with Crippen LogP contribution in [0.25, 0.3) is 11.4 Å². The van der Waals surface area contributed by atoms with Gasteiger partial charge in [-0.15, -0.1) is 0 Å². The Hall–Kier alpha value is -1.97. The van der Waals surface area contributed by atoms with Crippen LogP contribution in [-0.2, 0) is 0 Å². The van der Waals surface area contributed by atoms with E-state index in [1.54, 1.807) is 6.92 Å². The molecule has 1 aromatic heterocycles. The molecule has 1 N–H and O–H groups in total. The minimum atomic E-state index is -0.369. The van der Waals surface area contributed by atoms with Crippen LogP contribution in [0.5, 0.6) is 0 Å². The zero-order chi connectivity index (χ0) is 14.7. The molecule has 0 aliphatic rings. The van der Waals surface area contributed by atoms with Crippen LogP contribution in [-0.4, -0.2) is 16.5 Å². The largest absolute Gasteiger partial charge is 0.368 e. The lowest BCUT2D eigenvalue weighted by molar-refractivity contribution is 0.605. The first-order valence-corrected chi connectivity index (χ1v) is 6.88. The van der Waals surface area contributed by atoms with Crippen molar-refractivity contribution in [3.05, 3.63) is 40.8 Å². The van der Waals surface area contributed by atoms with Crippen molar-refractivity contribution in [2.45, 2.75) is 34.1 Å². The average Bonchev–Trinajstić information content (AvgIpc) is 2.39. The Morgan fingerprint density at radius 3 is 2.30 bits per heavy atom. The van der Waals surface area contributed by atoms with E-state index < -0.39 is 0 Å². The number of aryl methyl sites for hydroxylation is 3. The van der Waals surface area contributed by atoms with Crippen LogP contribution in [0.3, 0.4) is 0 Å². The molecule has 0 spiro atoms. The van der Waals surface area contributed by atoms with Crippen LogP contribution in [0.1, 0.15) is 30.2 Å². The van der Waals surface area contributed by atoms with Gasteiger partial charge in [0.15, 0.2) is 17.5 Å². The quantitative estimate of drug-likeness (QED) is 0.914. The average molecular weight is 273 g/mol. The van der Waals surface area contributed by atoms with Gasteiger partial charge in [-0.2, -0.15) is 0 Å². The van der Waals surface area contributed by atoms with Crippen LogP contribution < -0.4 is 5.32 Å². The van der Waals surface area contributed by atoms with E-state index in [1.165, 1.54) is 0 Å². The fourth-order valence-electron chi connectivity index (χ4n) is 2.15. The van der Waals surface area contributed by atoms with Crippen LogP contribution >= 0.6 is 0 Å². The summed E-state index contributed by atoms with van der Waals surface area (Å²) in [6.07, 6.45) is 0.918. The van der Waals surface area contributed by atoms with Crippen LogP contribution in [0, 0.1) is 26.6 Å². The van der Waals surface area contributed by atoms with Crippen LogP contribution in [0.4, 0.5) is 10.2 Å². The van der Waals surface area contributed by atoms with Gasteiger partial charge in [0.05, 0.1) is 5.69 Å². The number of rotatable bonds is 4. The minimum absolute atomic E-state index is 0.286. The molecule has 4 heteroatoms. The predicted octanol–water partition coefficient (Wildman–Crippen LogP) is 4.03. The molecule has 0 aliphatic heterocycles. The van der Waals surface area contributed by atoms with Crippen LogP contribution in [0.2, 0.25) is 0 Å². The molecule has 0 fully saturated rings. The van der Waals surface area contributed by atoms with Crippen molar-refractivity contribution in [2.24, 2.45) is 0 Å². The summed E-state index contributed by atoms with van der Waals surface area (Å²) in [6, 6.07) is 6.13. The van der Waals surface area contributed by atoms with Gasteiger partial charge in [-0.25, -0.2) is 14.4 Å².